The molecule has 1 aliphatic heterocycles. The quantitative estimate of drug-likeness (QED) is 0.210. The number of nitrogens with zero attached hydrogens (tertiary/aromatic N) is 2. The molecule has 0 radical (unpaired) electrons. The van der Waals surface area contributed by atoms with Gasteiger partial charge in [0.1, 0.15) is 5.75 Å². The standard InChI is InChI=1S/C28H34Cl2N2O2S/c1-34-22-8-9-27-25(18-22)24(26(30)19-31-27)7-3-10-28(20-33)11-14-32(15-12-28)13-4-16-35-23-6-2-5-21(29)17-23/h2,5-6,8-9,17-19,33H,3-4,7,10-16,20H2,1H3. The summed E-state index contributed by atoms with van der Waals surface area (Å²) >= 11 is 14.5. The van der Waals surface area contributed by atoms with E-state index >= 15 is 0 Å². The van der Waals surface area contributed by atoms with Gasteiger partial charge in [0.05, 0.1) is 17.6 Å². The van der Waals surface area contributed by atoms with Crippen molar-refractivity contribution in [3.8, 4) is 5.75 Å². The van der Waals surface area contributed by atoms with Crippen LogP contribution < -0.4 is 4.74 Å². The number of thioether (sulfide) groups is 1. The molecule has 0 atom stereocenters. The topological polar surface area (TPSA) is 45.6 Å². The van der Waals surface area contributed by atoms with Crippen LogP contribution in [0.1, 0.15) is 37.7 Å². The molecule has 35 heavy (non-hydrogen) atoms. The van der Waals surface area contributed by atoms with Crippen LogP contribution in [-0.2, 0) is 6.42 Å². The summed E-state index contributed by atoms with van der Waals surface area (Å²) < 4.78 is 5.41. The Morgan fingerprint density at radius 2 is 1.94 bits per heavy atom. The van der Waals surface area contributed by atoms with Crippen molar-refractivity contribution in [1.29, 1.82) is 0 Å². The Labute approximate surface area is 223 Å². The van der Waals surface area contributed by atoms with Crippen LogP contribution in [-0.4, -0.2) is 54.1 Å². The zero-order valence-electron chi connectivity index (χ0n) is 20.3. The van der Waals surface area contributed by atoms with E-state index in [0.29, 0.717) is 5.02 Å². The van der Waals surface area contributed by atoms with Crippen molar-refractivity contribution in [2.75, 3.05) is 39.1 Å². The van der Waals surface area contributed by atoms with E-state index in [9.17, 15) is 5.11 Å². The lowest BCUT2D eigenvalue weighted by atomic mass is 9.75. The minimum atomic E-state index is 0.0129. The molecular weight excluding hydrogens is 499 g/mol. The average Bonchev–Trinajstić information content (AvgIpc) is 2.88. The predicted octanol–water partition coefficient (Wildman–Crippen LogP) is 7.13. The number of pyridine rings is 1. The first-order valence-corrected chi connectivity index (χ1v) is 14.1. The Kier molecular flexibility index (Phi) is 9.60. The SMILES string of the molecule is COc1ccc2ncc(Cl)c(CCCC3(CO)CCN(CCCSc4cccc(Cl)c4)CC3)c2c1. The largest absolute Gasteiger partial charge is 0.497 e. The number of benzene rings is 2. The Morgan fingerprint density at radius 3 is 2.69 bits per heavy atom. The molecular formula is C28H34Cl2N2O2S. The Bertz CT molecular complexity index is 1120. The minimum absolute atomic E-state index is 0.0129. The van der Waals surface area contributed by atoms with E-state index < -0.39 is 0 Å². The molecule has 2 heterocycles. The molecule has 0 amide bonds. The van der Waals surface area contributed by atoms with E-state index in [0.717, 1.165) is 91.2 Å². The number of methoxy groups -OCH3 is 1. The summed E-state index contributed by atoms with van der Waals surface area (Å²) in [5.74, 6) is 1.90. The van der Waals surface area contributed by atoms with Gasteiger partial charge in [0.25, 0.3) is 0 Å². The second kappa shape index (κ2) is 12.6. The summed E-state index contributed by atoms with van der Waals surface area (Å²) in [6.45, 7) is 3.47. The second-order valence-corrected chi connectivity index (χ2v) is 11.5. The summed E-state index contributed by atoms with van der Waals surface area (Å²) in [4.78, 5) is 8.24. The average molecular weight is 534 g/mol. The molecule has 3 aromatic rings. The maximum atomic E-state index is 10.3. The lowest BCUT2D eigenvalue weighted by Crippen LogP contribution is -2.42. The number of aromatic nitrogens is 1. The molecule has 1 N–H and O–H groups in total. The number of halogens is 2. The molecule has 0 unspecified atom stereocenters. The summed E-state index contributed by atoms with van der Waals surface area (Å²) in [5, 5.41) is 12.9. The van der Waals surface area contributed by atoms with Gasteiger partial charge in [-0.15, -0.1) is 11.8 Å². The number of piperidine rings is 1. The van der Waals surface area contributed by atoms with Crippen LogP contribution in [0.5, 0.6) is 5.75 Å². The lowest BCUT2D eigenvalue weighted by molar-refractivity contribution is 0.0358. The Hall–Kier alpha value is -1.50. The molecule has 7 heteroatoms. The van der Waals surface area contributed by atoms with E-state index in [1.54, 1.807) is 13.3 Å². The van der Waals surface area contributed by atoms with Crippen molar-refractivity contribution in [3.63, 3.8) is 0 Å². The van der Waals surface area contributed by atoms with E-state index in [-0.39, 0.29) is 12.0 Å². The molecule has 1 fully saturated rings. The maximum absolute atomic E-state index is 10.3. The van der Waals surface area contributed by atoms with Crippen molar-refractivity contribution in [1.82, 2.24) is 9.88 Å². The van der Waals surface area contributed by atoms with E-state index in [1.165, 1.54) is 4.90 Å². The van der Waals surface area contributed by atoms with Gasteiger partial charge >= 0.3 is 0 Å². The van der Waals surface area contributed by atoms with Gasteiger partial charge in [-0.05, 0) is 111 Å². The van der Waals surface area contributed by atoms with Crippen LogP contribution in [0.3, 0.4) is 0 Å². The van der Waals surface area contributed by atoms with Crippen LogP contribution in [0.15, 0.2) is 53.6 Å². The molecule has 0 spiro atoms. The Morgan fingerprint density at radius 1 is 1.11 bits per heavy atom. The number of hydrogen-bond donors (Lipinski definition) is 1. The second-order valence-electron chi connectivity index (χ2n) is 9.48. The van der Waals surface area contributed by atoms with Gasteiger partial charge in [0.15, 0.2) is 0 Å². The molecule has 4 rings (SSSR count). The maximum Gasteiger partial charge on any atom is 0.119 e. The fourth-order valence-corrected chi connectivity index (χ4v) is 6.39. The van der Waals surface area contributed by atoms with Gasteiger partial charge in [-0.1, -0.05) is 29.3 Å². The summed E-state index contributed by atoms with van der Waals surface area (Å²) in [5.41, 5.74) is 2.07. The van der Waals surface area contributed by atoms with Gasteiger partial charge in [-0.3, -0.25) is 4.98 Å². The predicted molar refractivity (Wildman–Crippen MR) is 148 cm³/mol. The normalized spacial score (nSPS) is 16.0. The number of rotatable bonds is 11. The molecule has 0 saturated carbocycles. The third-order valence-electron chi connectivity index (χ3n) is 7.20. The molecule has 2 aromatic carbocycles. The number of aliphatic hydroxyl groups is 1. The van der Waals surface area contributed by atoms with Crippen molar-refractivity contribution >= 4 is 45.9 Å². The number of aryl methyl sites for hydroxylation is 1. The number of fused-ring (bicyclic) bond motifs is 1. The molecule has 1 saturated heterocycles. The lowest BCUT2D eigenvalue weighted by Gasteiger charge is -2.41. The number of hydrogen-bond acceptors (Lipinski definition) is 5. The molecule has 188 valence electrons. The molecule has 0 bridgehead atoms. The monoisotopic (exact) mass is 532 g/mol. The summed E-state index contributed by atoms with van der Waals surface area (Å²) in [6, 6.07) is 14.0. The van der Waals surface area contributed by atoms with Crippen molar-refractivity contribution in [3.05, 3.63) is 64.3 Å². The molecule has 1 aliphatic rings. The Balaban J connectivity index is 1.25. The van der Waals surface area contributed by atoms with Gasteiger partial charge < -0.3 is 14.7 Å². The first kappa shape index (κ1) is 26.6. The number of likely N-dealkylation sites (tertiary alicyclic amines) is 1. The first-order chi connectivity index (χ1) is 17.0. The number of ether oxygens (including phenoxy) is 1. The molecule has 0 aliphatic carbocycles. The highest BCUT2D eigenvalue weighted by atomic mass is 35.5. The van der Waals surface area contributed by atoms with Gasteiger partial charge in [0, 0.05) is 28.1 Å². The zero-order chi connectivity index (χ0) is 24.7. The van der Waals surface area contributed by atoms with Crippen LogP contribution in [0.25, 0.3) is 10.9 Å². The van der Waals surface area contributed by atoms with Crippen molar-refractivity contribution in [2.24, 2.45) is 5.41 Å². The fraction of sp³-hybridized carbons (Fsp3) is 0.464. The van der Waals surface area contributed by atoms with Crippen LogP contribution in [0.2, 0.25) is 10.0 Å². The summed E-state index contributed by atoms with van der Waals surface area (Å²) in [6.07, 6.45) is 7.86. The van der Waals surface area contributed by atoms with Gasteiger partial charge in [0.2, 0.25) is 0 Å². The smallest absolute Gasteiger partial charge is 0.119 e. The number of aliphatic hydroxyl groups excluding tert-OH is 1. The third-order valence-corrected chi connectivity index (χ3v) is 8.84. The zero-order valence-corrected chi connectivity index (χ0v) is 22.6. The van der Waals surface area contributed by atoms with Crippen molar-refractivity contribution < 1.29 is 9.84 Å². The van der Waals surface area contributed by atoms with Crippen molar-refractivity contribution in [2.45, 2.75) is 43.4 Å². The highest BCUT2D eigenvalue weighted by Gasteiger charge is 2.33. The van der Waals surface area contributed by atoms with Gasteiger partial charge in [-0.2, -0.15) is 0 Å². The first-order valence-electron chi connectivity index (χ1n) is 12.3. The van der Waals surface area contributed by atoms with E-state index in [2.05, 4.69) is 16.0 Å². The molecule has 4 nitrogen and oxygen atoms in total. The van der Waals surface area contributed by atoms with E-state index in [4.69, 9.17) is 27.9 Å². The van der Waals surface area contributed by atoms with Gasteiger partial charge in [-0.25, -0.2) is 0 Å². The minimum Gasteiger partial charge on any atom is -0.497 e. The third kappa shape index (κ3) is 7.05. The highest BCUT2D eigenvalue weighted by Crippen LogP contribution is 2.37. The van der Waals surface area contributed by atoms with Crippen LogP contribution in [0.4, 0.5) is 0 Å². The fourth-order valence-electron chi connectivity index (χ4n) is 5.00. The van der Waals surface area contributed by atoms with E-state index in [1.807, 2.05) is 48.2 Å². The van der Waals surface area contributed by atoms with Crippen LogP contribution >= 0.6 is 35.0 Å². The van der Waals surface area contributed by atoms with Crippen LogP contribution in [0, 0.1) is 5.41 Å². The molecule has 1 aromatic heterocycles. The summed E-state index contributed by atoms with van der Waals surface area (Å²) in [7, 11) is 1.67. The highest BCUT2D eigenvalue weighted by molar-refractivity contribution is 7.99.